The number of nitrogens with one attached hydrogen (secondary N) is 1. The number of carbonyl (C=O) groups is 1. The van der Waals surface area contributed by atoms with Gasteiger partial charge in [0.2, 0.25) is 5.91 Å². The van der Waals surface area contributed by atoms with Crippen LogP contribution in [-0.4, -0.2) is 30.8 Å². The van der Waals surface area contributed by atoms with E-state index >= 15 is 0 Å². The number of fused-ring (bicyclic) bond motifs is 1. The largest absolute Gasteiger partial charge is 0.399 e. The van der Waals surface area contributed by atoms with E-state index in [1.165, 1.54) is 4.90 Å². The lowest BCUT2D eigenvalue weighted by molar-refractivity contribution is -0.119. The molecule has 0 bridgehead atoms. The van der Waals surface area contributed by atoms with Crippen LogP contribution < -0.4 is 16.0 Å². The molecule has 0 atom stereocenters. The average Bonchev–Trinajstić information content (AvgIpc) is 3.14. The number of hydrogen-bond acceptors (Lipinski definition) is 4. The van der Waals surface area contributed by atoms with E-state index in [0.717, 1.165) is 36.5 Å². The number of anilines is 2. The molecule has 4 nitrogen and oxygen atoms in total. The normalized spacial score (nSPS) is 18.3. The SMILES string of the molecule is Nc1ccc2c(c1)N(CC(=O)NC1CC1)CCS2. The molecule has 1 heterocycles. The second kappa shape index (κ2) is 4.72. The number of hydrogen-bond donors (Lipinski definition) is 2. The Morgan fingerprint density at radius 1 is 1.50 bits per heavy atom. The summed E-state index contributed by atoms with van der Waals surface area (Å²) in [6.45, 7) is 1.34. The second-order valence-electron chi connectivity index (χ2n) is 4.84. The first kappa shape index (κ1) is 11.7. The van der Waals surface area contributed by atoms with Gasteiger partial charge in [0, 0.05) is 28.9 Å². The van der Waals surface area contributed by atoms with Gasteiger partial charge in [-0.3, -0.25) is 4.79 Å². The fraction of sp³-hybridized carbons (Fsp3) is 0.462. The molecule has 96 valence electrons. The van der Waals surface area contributed by atoms with Crippen LogP contribution in [0.25, 0.3) is 0 Å². The number of rotatable bonds is 3. The molecule has 3 N–H and O–H groups in total. The molecular weight excluding hydrogens is 246 g/mol. The third-order valence-corrected chi connectivity index (χ3v) is 4.26. The number of thioether (sulfide) groups is 1. The third-order valence-electron chi connectivity index (χ3n) is 3.22. The fourth-order valence-electron chi connectivity index (χ4n) is 2.13. The van der Waals surface area contributed by atoms with Crippen LogP contribution in [0, 0.1) is 0 Å². The van der Waals surface area contributed by atoms with Crippen molar-refractivity contribution in [3.63, 3.8) is 0 Å². The molecule has 1 aliphatic heterocycles. The van der Waals surface area contributed by atoms with Gasteiger partial charge in [-0.2, -0.15) is 0 Å². The molecule has 18 heavy (non-hydrogen) atoms. The van der Waals surface area contributed by atoms with Crippen molar-refractivity contribution >= 4 is 29.0 Å². The van der Waals surface area contributed by atoms with E-state index in [2.05, 4.69) is 10.2 Å². The number of carbonyl (C=O) groups excluding carboxylic acids is 1. The number of nitrogens with two attached hydrogens (primary N) is 1. The quantitative estimate of drug-likeness (QED) is 0.811. The van der Waals surface area contributed by atoms with Crippen LogP contribution in [0.2, 0.25) is 0 Å². The van der Waals surface area contributed by atoms with E-state index in [9.17, 15) is 4.79 Å². The van der Waals surface area contributed by atoms with Crippen LogP contribution in [0.1, 0.15) is 12.8 Å². The molecule has 1 aromatic carbocycles. The number of nitrogens with zero attached hydrogens (tertiary/aromatic N) is 1. The van der Waals surface area contributed by atoms with E-state index in [0.29, 0.717) is 12.6 Å². The Morgan fingerprint density at radius 3 is 3.11 bits per heavy atom. The van der Waals surface area contributed by atoms with Crippen LogP contribution in [-0.2, 0) is 4.79 Å². The summed E-state index contributed by atoms with van der Waals surface area (Å²) in [5.74, 6) is 1.14. The van der Waals surface area contributed by atoms with Gasteiger partial charge >= 0.3 is 0 Å². The Kier molecular flexibility index (Phi) is 3.07. The molecule has 0 saturated heterocycles. The molecule has 0 radical (unpaired) electrons. The maximum absolute atomic E-state index is 11.9. The lowest BCUT2D eigenvalue weighted by atomic mass is 10.2. The zero-order valence-electron chi connectivity index (χ0n) is 10.2. The van der Waals surface area contributed by atoms with E-state index in [-0.39, 0.29) is 5.91 Å². The predicted octanol–water partition coefficient (Wildman–Crippen LogP) is 1.46. The summed E-state index contributed by atoms with van der Waals surface area (Å²) < 4.78 is 0. The van der Waals surface area contributed by atoms with Gasteiger partial charge in [-0.15, -0.1) is 11.8 Å². The first-order valence-corrected chi connectivity index (χ1v) is 7.27. The molecule has 3 rings (SSSR count). The molecular formula is C13H17N3OS. The molecule has 1 amide bonds. The Balaban J connectivity index is 1.73. The highest BCUT2D eigenvalue weighted by Crippen LogP contribution is 2.35. The van der Waals surface area contributed by atoms with E-state index in [4.69, 9.17) is 5.73 Å². The predicted molar refractivity (Wildman–Crippen MR) is 75.0 cm³/mol. The second-order valence-corrected chi connectivity index (χ2v) is 5.98. The van der Waals surface area contributed by atoms with Crippen molar-refractivity contribution in [3.05, 3.63) is 18.2 Å². The smallest absolute Gasteiger partial charge is 0.239 e. The van der Waals surface area contributed by atoms with Gasteiger partial charge in [0.15, 0.2) is 0 Å². The van der Waals surface area contributed by atoms with Crippen LogP contribution in [0.4, 0.5) is 11.4 Å². The minimum atomic E-state index is 0.123. The van der Waals surface area contributed by atoms with Crippen molar-refractivity contribution in [2.75, 3.05) is 29.5 Å². The maximum atomic E-state index is 11.9. The zero-order chi connectivity index (χ0) is 12.5. The number of benzene rings is 1. The topological polar surface area (TPSA) is 58.4 Å². The van der Waals surface area contributed by atoms with Gasteiger partial charge in [-0.25, -0.2) is 0 Å². The van der Waals surface area contributed by atoms with Gasteiger partial charge in [0.25, 0.3) is 0 Å². The highest BCUT2D eigenvalue weighted by atomic mass is 32.2. The maximum Gasteiger partial charge on any atom is 0.239 e. The van der Waals surface area contributed by atoms with Crippen LogP contribution in [0.15, 0.2) is 23.1 Å². The molecule has 2 aliphatic rings. The third kappa shape index (κ3) is 2.56. The Hall–Kier alpha value is -1.36. The summed E-state index contributed by atoms with van der Waals surface area (Å²) in [5.41, 5.74) is 7.68. The van der Waals surface area contributed by atoms with Gasteiger partial charge in [-0.1, -0.05) is 0 Å². The van der Waals surface area contributed by atoms with Gasteiger partial charge < -0.3 is 16.0 Å². The van der Waals surface area contributed by atoms with Gasteiger partial charge in [0.1, 0.15) is 0 Å². The Labute approximate surface area is 111 Å². The van der Waals surface area contributed by atoms with Gasteiger partial charge in [-0.05, 0) is 31.0 Å². The van der Waals surface area contributed by atoms with Crippen molar-refractivity contribution in [3.8, 4) is 0 Å². The van der Waals surface area contributed by atoms with Crippen molar-refractivity contribution in [2.24, 2.45) is 0 Å². The first-order valence-electron chi connectivity index (χ1n) is 6.29. The van der Waals surface area contributed by atoms with Crippen LogP contribution in [0.3, 0.4) is 0 Å². The van der Waals surface area contributed by atoms with Gasteiger partial charge in [0.05, 0.1) is 12.2 Å². The van der Waals surface area contributed by atoms with E-state index < -0.39 is 0 Å². The zero-order valence-corrected chi connectivity index (χ0v) is 11.0. The summed E-state index contributed by atoms with van der Waals surface area (Å²) >= 11 is 1.83. The fourth-order valence-corrected chi connectivity index (χ4v) is 3.16. The lowest BCUT2D eigenvalue weighted by Crippen LogP contribution is -2.40. The monoisotopic (exact) mass is 263 g/mol. The first-order chi connectivity index (χ1) is 8.72. The lowest BCUT2D eigenvalue weighted by Gasteiger charge is -2.30. The summed E-state index contributed by atoms with van der Waals surface area (Å²) in [5, 5.41) is 3.03. The Bertz CT molecular complexity index is 473. The molecule has 1 aliphatic carbocycles. The Morgan fingerprint density at radius 2 is 2.33 bits per heavy atom. The van der Waals surface area contributed by atoms with Crippen molar-refractivity contribution in [1.29, 1.82) is 0 Å². The van der Waals surface area contributed by atoms with Crippen LogP contribution in [0.5, 0.6) is 0 Å². The molecule has 5 heteroatoms. The molecule has 1 aromatic rings. The minimum absolute atomic E-state index is 0.123. The number of amides is 1. The molecule has 0 spiro atoms. The number of nitrogen functional groups attached to an aromatic ring is 1. The summed E-state index contributed by atoms with van der Waals surface area (Å²) in [6.07, 6.45) is 2.26. The summed E-state index contributed by atoms with van der Waals surface area (Å²) in [4.78, 5) is 15.2. The highest BCUT2D eigenvalue weighted by Gasteiger charge is 2.25. The van der Waals surface area contributed by atoms with Crippen molar-refractivity contribution in [2.45, 2.75) is 23.8 Å². The molecule has 1 saturated carbocycles. The minimum Gasteiger partial charge on any atom is -0.399 e. The highest BCUT2D eigenvalue weighted by molar-refractivity contribution is 7.99. The van der Waals surface area contributed by atoms with Crippen molar-refractivity contribution in [1.82, 2.24) is 5.32 Å². The summed E-state index contributed by atoms with van der Waals surface area (Å²) in [6, 6.07) is 6.35. The van der Waals surface area contributed by atoms with Crippen molar-refractivity contribution < 1.29 is 4.79 Å². The van der Waals surface area contributed by atoms with E-state index in [1.54, 1.807) is 0 Å². The van der Waals surface area contributed by atoms with E-state index in [1.807, 2.05) is 30.0 Å². The average molecular weight is 263 g/mol. The standard InChI is InChI=1S/C13H17N3OS/c14-9-1-4-12-11(7-9)16(5-6-18-12)8-13(17)15-10-2-3-10/h1,4,7,10H,2-3,5-6,8,14H2,(H,15,17). The van der Waals surface area contributed by atoms with Crippen LogP contribution >= 0.6 is 11.8 Å². The molecule has 0 aromatic heterocycles. The summed E-state index contributed by atoms with van der Waals surface area (Å²) in [7, 11) is 0. The molecule has 0 unspecified atom stereocenters. The molecule has 1 fully saturated rings.